The fraction of sp³-hybridized carbons (Fsp3) is 0.321. The molecule has 4 nitrogen and oxygen atoms in total. The molecule has 3 aromatic carbocycles. The molecule has 0 saturated heterocycles. The van der Waals surface area contributed by atoms with Crippen LogP contribution in [0, 0.1) is 0 Å². The zero-order valence-corrected chi connectivity index (χ0v) is 21.0. The molecule has 0 aliphatic heterocycles. The molecule has 1 amide bonds. The van der Waals surface area contributed by atoms with Gasteiger partial charge >= 0.3 is 0 Å². The van der Waals surface area contributed by atoms with E-state index in [9.17, 15) is 4.79 Å². The molecule has 0 aliphatic rings. The topological polar surface area (TPSA) is 41.6 Å². The van der Waals surface area contributed by atoms with E-state index in [-0.39, 0.29) is 5.91 Å². The highest BCUT2D eigenvalue weighted by molar-refractivity contribution is 7.97. The molecular weight excluding hydrogens is 428 g/mol. The van der Waals surface area contributed by atoms with Crippen LogP contribution in [-0.2, 0) is 5.75 Å². The Morgan fingerprint density at radius 1 is 0.939 bits per heavy atom. The Balaban J connectivity index is 0.000000357. The average Bonchev–Trinajstić information content (AvgIpc) is 2.84. The molecule has 0 spiro atoms. The van der Waals surface area contributed by atoms with E-state index < -0.39 is 0 Å². The van der Waals surface area contributed by atoms with E-state index in [4.69, 9.17) is 4.74 Å². The van der Waals surface area contributed by atoms with Gasteiger partial charge < -0.3 is 15.0 Å². The van der Waals surface area contributed by atoms with Gasteiger partial charge in [0, 0.05) is 17.9 Å². The summed E-state index contributed by atoms with van der Waals surface area (Å²) in [6, 6.07) is 26.1. The molecule has 3 aromatic rings. The number of carbonyl (C=O) groups is 1. The van der Waals surface area contributed by atoms with Gasteiger partial charge in [-0.05, 0) is 81.2 Å². The summed E-state index contributed by atoms with van der Waals surface area (Å²) in [6.07, 6.45) is 3.07. The Labute approximate surface area is 203 Å². The summed E-state index contributed by atoms with van der Waals surface area (Å²) in [6.45, 7) is 4.40. The van der Waals surface area contributed by atoms with Crippen molar-refractivity contribution >= 4 is 17.7 Å². The average molecular weight is 465 g/mol. The highest BCUT2D eigenvalue weighted by Gasteiger charge is 2.07. The summed E-state index contributed by atoms with van der Waals surface area (Å²) in [7, 11) is 4.07. The molecule has 0 heterocycles. The van der Waals surface area contributed by atoms with Gasteiger partial charge in [0.1, 0.15) is 5.75 Å². The Bertz CT molecular complexity index is 944. The summed E-state index contributed by atoms with van der Waals surface area (Å²) in [5, 5.41) is 2.98. The summed E-state index contributed by atoms with van der Waals surface area (Å²) in [5.41, 5.74) is 4.44. The van der Waals surface area contributed by atoms with E-state index in [1.165, 1.54) is 11.1 Å². The third kappa shape index (κ3) is 9.72. The number of para-hydroxylation sites is 1. The Morgan fingerprint density at radius 2 is 1.61 bits per heavy atom. The quantitative estimate of drug-likeness (QED) is 0.375. The summed E-state index contributed by atoms with van der Waals surface area (Å²) in [4.78, 5) is 14.3. The number of nitrogens with zero attached hydrogens (tertiary/aromatic N) is 1. The first-order chi connectivity index (χ1) is 16.0. The molecular formula is C28H36N2O2S. The van der Waals surface area contributed by atoms with E-state index in [1.54, 1.807) is 0 Å². The summed E-state index contributed by atoms with van der Waals surface area (Å²) in [5.74, 6) is 1.93. The maximum Gasteiger partial charge on any atom is 0.251 e. The molecule has 0 unspecified atom stereocenters. The van der Waals surface area contributed by atoms with Crippen molar-refractivity contribution in [3.63, 3.8) is 0 Å². The van der Waals surface area contributed by atoms with Crippen molar-refractivity contribution in [2.75, 3.05) is 40.0 Å². The minimum absolute atomic E-state index is 0.00212. The predicted molar refractivity (Wildman–Crippen MR) is 142 cm³/mol. The van der Waals surface area contributed by atoms with Crippen molar-refractivity contribution in [1.29, 1.82) is 0 Å². The first-order valence-corrected chi connectivity index (χ1v) is 12.7. The van der Waals surface area contributed by atoms with Crippen molar-refractivity contribution in [3.8, 4) is 16.9 Å². The first kappa shape index (κ1) is 26.5. The van der Waals surface area contributed by atoms with Crippen molar-refractivity contribution in [3.05, 3.63) is 90.0 Å². The summed E-state index contributed by atoms with van der Waals surface area (Å²) >= 11 is 1.82. The van der Waals surface area contributed by atoms with Crippen LogP contribution in [-0.4, -0.2) is 50.9 Å². The number of ether oxygens (including phenoxy) is 1. The van der Waals surface area contributed by atoms with Crippen LogP contribution in [0.2, 0.25) is 0 Å². The molecule has 0 atom stereocenters. The van der Waals surface area contributed by atoms with Crippen LogP contribution in [0.25, 0.3) is 11.1 Å². The number of carbonyl (C=O) groups excluding carboxylic acids is 1. The van der Waals surface area contributed by atoms with Crippen LogP contribution in [0.5, 0.6) is 5.75 Å². The number of benzene rings is 3. The molecule has 3 rings (SSSR count). The third-order valence-corrected chi connectivity index (χ3v) is 5.50. The van der Waals surface area contributed by atoms with Crippen molar-refractivity contribution in [1.82, 2.24) is 10.2 Å². The second kappa shape index (κ2) is 15.1. The second-order valence-corrected chi connectivity index (χ2v) is 8.69. The first-order valence-electron chi connectivity index (χ1n) is 11.3. The van der Waals surface area contributed by atoms with Gasteiger partial charge in [0.05, 0.1) is 6.61 Å². The van der Waals surface area contributed by atoms with Crippen molar-refractivity contribution in [2.24, 2.45) is 0 Å². The number of rotatable bonds is 10. The SMILES string of the molecule is CCOc1ccccc1.CSCc1ccccc1-c1ccc(C(=O)NCCCN(C)C)cc1. The number of nitrogens with one attached hydrogen (secondary N) is 1. The van der Waals surface area contributed by atoms with Crippen LogP contribution >= 0.6 is 11.8 Å². The normalized spacial score (nSPS) is 10.3. The van der Waals surface area contributed by atoms with E-state index in [0.29, 0.717) is 12.1 Å². The van der Waals surface area contributed by atoms with Crippen molar-refractivity contribution in [2.45, 2.75) is 19.1 Å². The fourth-order valence-corrected chi connectivity index (χ4v) is 3.83. The lowest BCUT2D eigenvalue weighted by molar-refractivity contribution is 0.0952. The second-order valence-electron chi connectivity index (χ2n) is 7.83. The lowest BCUT2D eigenvalue weighted by atomic mass is 9.99. The molecule has 176 valence electrons. The zero-order valence-electron chi connectivity index (χ0n) is 20.2. The van der Waals surface area contributed by atoms with Crippen LogP contribution in [0.4, 0.5) is 0 Å². The van der Waals surface area contributed by atoms with Gasteiger partial charge in [-0.3, -0.25) is 4.79 Å². The Kier molecular flexibility index (Phi) is 12.2. The monoisotopic (exact) mass is 464 g/mol. The maximum absolute atomic E-state index is 12.2. The van der Waals surface area contributed by atoms with E-state index >= 15 is 0 Å². The zero-order chi connectivity index (χ0) is 23.9. The molecule has 0 saturated carbocycles. The molecule has 5 heteroatoms. The number of amides is 1. The van der Waals surface area contributed by atoms with Gasteiger partial charge in [-0.1, -0.05) is 54.6 Å². The Hall–Kier alpha value is -2.76. The van der Waals surface area contributed by atoms with E-state index in [0.717, 1.165) is 36.6 Å². The van der Waals surface area contributed by atoms with Gasteiger partial charge in [0.15, 0.2) is 0 Å². The highest BCUT2D eigenvalue weighted by atomic mass is 32.2. The molecule has 0 radical (unpaired) electrons. The minimum Gasteiger partial charge on any atom is -0.494 e. The standard InChI is InChI=1S/C20H26N2OS.C8H10O/c1-22(2)14-6-13-21-20(23)17-11-9-16(10-12-17)19-8-5-4-7-18(19)15-24-3;1-2-9-8-6-4-3-5-7-8/h4-5,7-12H,6,13-15H2,1-3H3,(H,21,23);3-7H,2H2,1H3. The van der Waals surface area contributed by atoms with Gasteiger partial charge in [-0.25, -0.2) is 0 Å². The molecule has 0 aliphatic carbocycles. The number of thioether (sulfide) groups is 1. The predicted octanol–water partition coefficient (Wildman–Crippen LogP) is 5.98. The van der Waals surface area contributed by atoms with Gasteiger partial charge in [-0.15, -0.1) is 0 Å². The summed E-state index contributed by atoms with van der Waals surface area (Å²) < 4.78 is 5.21. The highest BCUT2D eigenvalue weighted by Crippen LogP contribution is 2.26. The van der Waals surface area contributed by atoms with E-state index in [1.807, 2.05) is 87.4 Å². The molecule has 0 fully saturated rings. The van der Waals surface area contributed by atoms with Crippen molar-refractivity contribution < 1.29 is 9.53 Å². The lowest BCUT2D eigenvalue weighted by Crippen LogP contribution is -2.27. The van der Waals surface area contributed by atoms with Gasteiger partial charge in [0.2, 0.25) is 0 Å². The van der Waals surface area contributed by atoms with Gasteiger partial charge in [-0.2, -0.15) is 11.8 Å². The molecule has 0 aromatic heterocycles. The van der Waals surface area contributed by atoms with Crippen LogP contribution in [0.3, 0.4) is 0 Å². The molecule has 0 bridgehead atoms. The lowest BCUT2D eigenvalue weighted by Gasteiger charge is -2.11. The van der Waals surface area contributed by atoms with Gasteiger partial charge in [0.25, 0.3) is 5.91 Å². The third-order valence-electron chi connectivity index (χ3n) is 4.90. The number of hydrogen-bond donors (Lipinski definition) is 1. The minimum atomic E-state index is -0.00212. The van der Waals surface area contributed by atoms with Crippen LogP contribution in [0.15, 0.2) is 78.9 Å². The van der Waals surface area contributed by atoms with Crippen LogP contribution in [0.1, 0.15) is 29.3 Å². The Morgan fingerprint density at radius 3 is 2.24 bits per heavy atom. The molecule has 33 heavy (non-hydrogen) atoms. The fourth-order valence-electron chi connectivity index (χ4n) is 3.27. The smallest absolute Gasteiger partial charge is 0.251 e. The van der Waals surface area contributed by atoms with E-state index in [2.05, 4.69) is 40.7 Å². The number of hydrogen-bond acceptors (Lipinski definition) is 4. The van der Waals surface area contributed by atoms with Crippen LogP contribution < -0.4 is 10.1 Å². The largest absolute Gasteiger partial charge is 0.494 e. The maximum atomic E-state index is 12.2. The molecule has 1 N–H and O–H groups in total.